The zero-order valence-electron chi connectivity index (χ0n) is 10.2. The second-order valence-corrected chi connectivity index (χ2v) is 5.02. The Balaban J connectivity index is 2.32. The second-order valence-electron chi connectivity index (χ2n) is 4.38. The molecule has 0 radical (unpaired) electrons. The lowest BCUT2D eigenvalue weighted by molar-refractivity contribution is 0.600. The number of nitrogens with one attached hydrogen (secondary N) is 1. The van der Waals surface area contributed by atoms with Crippen molar-refractivity contribution in [2.75, 3.05) is 5.33 Å². The molecule has 1 aromatic carbocycles. The van der Waals surface area contributed by atoms with E-state index in [0.717, 1.165) is 23.1 Å². The maximum atomic E-state index is 4.55. The van der Waals surface area contributed by atoms with Gasteiger partial charge in [0.2, 0.25) is 0 Å². The van der Waals surface area contributed by atoms with Crippen molar-refractivity contribution < 1.29 is 0 Å². The summed E-state index contributed by atoms with van der Waals surface area (Å²) in [5.41, 5.74) is 3.48. The number of hydrogen-bond acceptors (Lipinski definition) is 2. The Labute approximate surface area is 111 Å². The third-order valence-corrected chi connectivity index (χ3v) is 3.77. The molecule has 1 atom stereocenters. The molecular weight excluding hydrogens is 276 g/mol. The molecule has 90 valence electrons. The second kappa shape index (κ2) is 5.61. The number of aromatic nitrogens is 1. The van der Waals surface area contributed by atoms with Gasteiger partial charge in [-0.3, -0.25) is 4.98 Å². The maximum absolute atomic E-state index is 4.55. The normalized spacial score (nSPS) is 12.9. The van der Waals surface area contributed by atoms with Gasteiger partial charge in [0, 0.05) is 29.0 Å². The first-order valence-corrected chi connectivity index (χ1v) is 6.97. The van der Waals surface area contributed by atoms with E-state index in [0.29, 0.717) is 6.04 Å². The zero-order chi connectivity index (χ0) is 12.3. The van der Waals surface area contributed by atoms with Crippen molar-refractivity contribution in [1.82, 2.24) is 10.3 Å². The highest BCUT2D eigenvalue weighted by atomic mass is 79.9. The molecule has 1 heterocycles. The summed E-state index contributed by atoms with van der Waals surface area (Å²) in [7, 11) is 0. The molecule has 0 saturated carbocycles. The van der Waals surface area contributed by atoms with Gasteiger partial charge in [0.25, 0.3) is 0 Å². The van der Waals surface area contributed by atoms with Crippen LogP contribution in [0.3, 0.4) is 0 Å². The van der Waals surface area contributed by atoms with E-state index in [1.54, 1.807) is 0 Å². The molecule has 0 aliphatic rings. The van der Waals surface area contributed by atoms with Gasteiger partial charge in [-0.2, -0.15) is 0 Å². The average Bonchev–Trinajstić information content (AvgIpc) is 2.35. The van der Waals surface area contributed by atoms with Crippen molar-refractivity contribution in [2.45, 2.75) is 26.4 Å². The van der Waals surface area contributed by atoms with Gasteiger partial charge >= 0.3 is 0 Å². The molecular formula is C14H17BrN2. The van der Waals surface area contributed by atoms with Crippen LogP contribution in [0.2, 0.25) is 0 Å². The van der Waals surface area contributed by atoms with Gasteiger partial charge in [0.15, 0.2) is 0 Å². The quantitative estimate of drug-likeness (QED) is 0.874. The lowest BCUT2D eigenvalue weighted by Crippen LogP contribution is -2.26. The fourth-order valence-electron chi connectivity index (χ4n) is 1.88. The number of pyridine rings is 1. The van der Waals surface area contributed by atoms with E-state index >= 15 is 0 Å². The summed E-state index contributed by atoms with van der Waals surface area (Å²) in [6.07, 6.45) is 0. The van der Waals surface area contributed by atoms with Gasteiger partial charge in [-0.05, 0) is 31.5 Å². The van der Waals surface area contributed by atoms with Gasteiger partial charge < -0.3 is 5.32 Å². The van der Waals surface area contributed by atoms with Crippen LogP contribution in [0.1, 0.15) is 18.2 Å². The number of fused-ring (bicyclic) bond motifs is 1. The third-order valence-electron chi connectivity index (χ3n) is 2.80. The maximum Gasteiger partial charge on any atom is 0.0708 e. The fraction of sp³-hybridized carbons (Fsp3) is 0.357. The van der Waals surface area contributed by atoms with Crippen molar-refractivity contribution in [3.63, 3.8) is 0 Å². The molecule has 1 unspecified atom stereocenters. The number of benzene rings is 1. The molecule has 0 aliphatic carbocycles. The average molecular weight is 293 g/mol. The van der Waals surface area contributed by atoms with Crippen LogP contribution in [0.4, 0.5) is 0 Å². The smallest absolute Gasteiger partial charge is 0.0708 e. The Bertz CT molecular complexity index is 511. The van der Waals surface area contributed by atoms with Crippen LogP contribution < -0.4 is 5.32 Å². The number of aryl methyl sites for hydroxylation is 1. The van der Waals surface area contributed by atoms with Crippen LogP contribution in [-0.2, 0) is 6.54 Å². The van der Waals surface area contributed by atoms with Crippen molar-refractivity contribution in [1.29, 1.82) is 0 Å². The first-order valence-electron chi connectivity index (χ1n) is 5.85. The zero-order valence-corrected chi connectivity index (χ0v) is 11.8. The summed E-state index contributed by atoms with van der Waals surface area (Å²) < 4.78 is 0. The summed E-state index contributed by atoms with van der Waals surface area (Å²) >= 11 is 3.48. The third kappa shape index (κ3) is 3.05. The Morgan fingerprint density at radius 3 is 2.88 bits per heavy atom. The van der Waals surface area contributed by atoms with Crippen LogP contribution in [0.15, 0.2) is 30.3 Å². The molecule has 0 aliphatic heterocycles. The number of hydrogen-bond donors (Lipinski definition) is 1. The Kier molecular flexibility index (Phi) is 4.13. The topological polar surface area (TPSA) is 24.9 Å². The van der Waals surface area contributed by atoms with E-state index in [9.17, 15) is 0 Å². The molecule has 1 N–H and O–H groups in total. The molecule has 2 nitrogen and oxygen atoms in total. The number of nitrogens with zero attached hydrogens (tertiary/aromatic N) is 1. The van der Waals surface area contributed by atoms with Crippen LogP contribution in [0.5, 0.6) is 0 Å². The highest BCUT2D eigenvalue weighted by Crippen LogP contribution is 2.18. The largest absolute Gasteiger partial charge is 0.309 e. The van der Waals surface area contributed by atoms with Gasteiger partial charge in [0.05, 0.1) is 5.52 Å². The Morgan fingerprint density at radius 2 is 2.12 bits per heavy atom. The van der Waals surface area contributed by atoms with Crippen LogP contribution in [-0.4, -0.2) is 16.4 Å². The monoisotopic (exact) mass is 292 g/mol. The van der Waals surface area contributed by atoms with E-state index in [1.165, 1.54) is 10.9 Å². The molecule has 0 fully saturated rings. The van der Waals surface area contributed by atoms with E-state index < -0.39 is 0 Å². The van der Waals surface area contributed by atoms with Gasteiger partial charge in [0.1, 0.15) is 0 Å². The summed E-state index contributed by atoms with van der Waals surface area (Å²) in [4.78, 5) is 4.55. The molecule has 0 spiro atoms. The Morgan fingerprint density at radius 1 is 1.35 bits per heavy atom. The summed E-state index contributed by atoms with van der Waals surface area (Å²) in [6.45, 7) is 5.10. The van der Waals surface area contributed by atoms with Crippen LogP contribution in [0, 0.1) is 6.92 Å². The van der Waals surface area contributed by atoms with E-state index in [4.69, 9.17) is 0 Å². The van der Waals surface area contributed by atoms with Gasteiger partial charge in [-0.1, -0.05) is 34.1 Å². The molecule has 0 bridgehead atoms. The molecule has 2 rings (SSSR count). The molecule has 0 saturated heterocycles. The fourth-order valence-corrected chi connectivity index (χ4v) is 2.11. The highest BCUT2D eigenvalue weighted by molar-refractivity contribution is 9.09. The summed E-state index contributed by atoms with van der Waals surface area (Å²) in [6, 6.07) is 10.9. The standard InChI is InChI=1S/C14H17BrN2/c1-10-7-12(9-16-11(2)8-15)13-5-3-4-6-14(13)17-10/h3-7,11,16H,8-9H2,1-2H3. The number of para-hydroxylation sites is 1. The van der Waals surface area contributed by atoms with Gasteiger partial charge in [-0.25, -0.2) is 0 Å². The minimum atomic E-state index is 0.474. The predicted octanol–water partition coefficient (Wildman–Crippen LogP) is 3.42. The number of rotatable bonds is 4. The van der Waals surface area contributed by atoms with Crippen molar-refractivity contribution >= 4 is 26.8 Å². The lowest BCUT2D eigenvalue weighted by atomic mass is 10.1. The molecule has 3 heteroatoms. The van der Waals surface area contributed by atoms with E-state index in [2.05, 4.69) is 57.4 Å². The summed E-state index contributed by atoms with van der Waals surface area (Å²) in [5, 5.41) is 5.70. The lowest BCUT2D eigenvalue weighted by Gasteiger charge is -2.12. The van der Waals surface area contributed by atoms with Crippen molar-refractivity contribution in [3.8, 4) is 0 Å². The van der Waals surface area contributed by atoms with Crippen molar-refractivity contribution in [3.05, 3.63) is 41.6 Å². The molecule has 17 heavy (non-hydrogen) atoms. The molecule has 1 aromatic heterocycles. The SMILES string of the molecule is Cc1cc(CNC(C)CBr)c2ccccc2n1. The Hall–Kier alpha value is -0.930. The molecule has 0 amide bonds. The summed E-state index contributed by atoms with van der Waals surface area (Å²) in [5.74, 6) is 0. The minimum absolute atomic E-state index is 0.474. The van der Waals surface area contributed by atoms with E-state index in [-0.39, 0.29) is 0 Å². The van der Waals surface area contributed by atoms with Crippen LogP contribution in [0.25, 0.3) is 10.9 Å². The van der Waals surface area contributed by atoms with E-state index in [1.807, 2.05) is 13.0 Å². The predicted molar refractivity (Wildman–Crippen MR) is 76.6 cm³/mol. The first-order chi connectivity index (χ1) is 8.20. The van der Waals surface area contributed by atoms with Crippen molar-refractivity contribution in [2.24, 2.45) is 0 Å². The highest BCUT2D eigenvalue weighted by Gasteiger charge is 2.05. The van der Waals surface area contributed by atoms with Crippen LogP contribution >= 0.6 is 15.9 Å². The molecule has 2 aromatic rings. The number of halogens is 1. The van der Waals surface area contributed by atoms with Gasteiger partial charge in [-0.15, -0.1) is 0 Å². The first kappa shape index (κ1) is 12.5. The number of alkyl halides is 1. The minimum Gasteiger partial charge on any atom is -0.309 e.